The number of hydrogen-bond acceptors (Lipinski definition) is 12. The van der Waals surface area contributed by atoms with Crippen molar-refractivity contribution in [2.75, 3.05) is 0 Å². The quantitative estimate of drug-likeness (QED) is 0.129. The number of rotatable bonds is 0. The third-order valence-corrected chi connectivity index (χ3v) is 10.1. The molecule has 10 unspecified atom stereocenters. The first kappa shape index (κ1) is 46.7. The Morgan fingerprint density at radius 1 is 0.642 bits per heavy atom. The molecule has 0 aromatic heterocycles. The summed E-state index contributed by atoms with van der Waals surface area (Å²) in [6, 6.07) is 0. The number of allylic oxidation sites excluding steroid dienone is 8. The molecular weight excluding hydrogens is 684 g/mol. The Kier molecular flexibility index (Phi) is 21.2. The van der Waals surface area contributed by atoms with Crippen molar-refractivity contribution in [2.45, 2.75) is 159 Å². The maximum Gasteiger partial charge on any atom is 0.308 e. The third-order valence-electron chi connectivity index (χ3n) is 10.1. The standard InChI is InChI=1S/C41H66O12/c1-27-15-11-9-7-5-6-8-10-12-16-31(42)17-13-19-33(44)23-38-29(3)37(48)26-41(51,53-38)25-34(45)20-14-18-32(43)21-35(46)22-36(47)24-39(49)52-30(4)28(2)40(27)50/h5-13,15-16,19,27-38,40,42-48,50-51H,14,17-18,20-26H2,1-4H3/b6-5+,9-7+,10-8+,15-11+,16-12+,19-13+/t27?,28-,29?,30-,31?,32?,33?,34?,35?,36?,37-,38?,40-,41?/m0/s1. The zero-order chi connectivity index (χ0) is 39.6. The predicted octanol–water partition coefficient (Wildman–Crippen LogP) is 3.05. The van der Waals surface area contributed by atoms with Gasteiger partial charge in [-0.3, -0.25) is 4.79 Å². The molecule has 302 valence electrons. The van der Waals surface area contributed by atoms with Crippen LogP contribution in [0.2, 0.25) is 0 Å². The summed E-state index contributed by atoms with van der Waals surface area (Å²) in [6.45, 7) is 7.07. The van der Waals surface area contributed by atoms with E-state index in [4.69, 9.17) is 9.47 Å². The van der Waals surface area contributed by atoms with E-state index >= 15 is 0 Å². The third kappa shape index (κ3) is 18.6. The van der Waals surface area contributed by atoms with Gasteiger partial charge in [0.1, 0.15) is 6.10 Å². The molecule has 2 rings (SSSR count). The van der Waals surface area contributed by atoms with Crippen molar-refractivity contribution in [1.29, 1.82) is 0 Å². The van der Waals surface area contributed by atoms with Crippen LogP contribution in [0.5, 0.6) is 0 Å². The topological polar surface area (TPSA) is 218 Å². The van der Waals surface area contributed by atoms with Crippen LogP contribution < -0.4 is 0 Å². The number of carbonyl (C=O) groups excluding carboxylic acids is 1. The molecule has 1 saturated heterocycles. The Balaban J connectivity index is 2.09. The normalized spacial score (nSPS) is 44.1. The molecule has 2 aliphatic heterocycles. The van der Waals surface area contributed by atoms with E-state index in [1.54, 1.807) is 51.2 Å². The van der Waals surface area contributed by atoms with Crippen molar-refractivity contribution >= 4 is 5.97 Å². The molecule has 0 spiro atoms. The molecule has 0 aromatic carbocycles. The van der Waals surface area contributed by atoms with Gasteiger partial charge in [-0.05, 0) is 45.4 Å². The number of hydrogen-bond donors (Lipinski definition) is 9. The second kappa shape index (κ2) is 24.1. The molecule has 0 saturated carbocycles. The zero-order valence-electron chi connectivity index (χ0n) is 31.8. The molecule has 12 heteroatoms. The lowest BCUT2D eigenvalue weighted by atomic mass is 9.84. The van der Waals surface area contributed by atoms with E-state index in [1.807, 2.05) is 43.4 Å². The molecule has 0 amide bonds. The van der Waals surface area contributed by atoms with E-state index in [-0.39, 0.29) is 63.7 Å². The van der Waals surface area contributed by atoms with Crippen molar-refractivity contribution in [2.24, 2.45) is 17.8 Å². The van der Waals surface area contributed by atoms with Gasteiger partial charge >= 0.3 is 5.97 Å². The summed E-state index contributed by atoms with van der Waals surface area (Å²) < 4.78 is 11.4. The van der Waals surface area contributed by atoms with Gasteiger partial charge in [-0.1, -0.05) is 93.7 Å². The van der Waals surface area contributed by atoms with Crippen molar-refractivity contribution < 1.29 is 60.2 Å². The minimum absolute atomic E-state index is 0.0546. The summed E-state index contributed by atoms with van der Waals surface area (Å²) >= 11 is 0. The first-order chi connectivity index (χ1) is 25.0. The number of aliphatic hydroxyl groups is 9. The highest BCUT2D eigenvalue weighted by Crippen LogP contribution is 2.36. The fourth-order valence-corrected chi connectivity index (χ4v) is 6.59. The van der Waals surface area contributed by atoms with Gasteiger partial charge in [-0.15, -0.1) is 0 Å². The van der Waals surface area contributed by atoms with Gasteiger partial charge in [0.2, 0.25) is 0 Å². The highest BCUT2D eigenvalue weighted by Gasteiger charge is 2.45. The lowest BCUT2D eigenvalue weighted by Gasteiger charge is -2.44. The number of cyclic esters (lactones) is 1. The fraction of sp³-hybridized carbons (Fsp3) is 0.683. The van der Waals surface area contributed by atoms with Crippen LogP contribution in [0.15, 0.2) is 72.9 Å². The van der Waals surface area contributed by atoms with Crippen molar-refractivity contribution in [1.82, 2.24) is 0 Å². The van der Waals surface area contributed by atoms with E-state index in [0.29, 0.717) is 6.42 Å². The lowest BCUT2D eigenvalue weighted by Crippen LogP contribution is -2.52. The fourth-order valence-electron chi connectivity index (χ4n) is 6.59. The average Bonchev–Trinajstić information content (AvgIpc) is 3.06. The molecule has 1 fully saturated rings. The van der Waals surface area contributed by atoms with Crippen LogP contribution in [-0.4, -0.2) is 119 Å². The summed E-state index contributed by atoms with van der Waals surface area (Å²) in [5.74, 6) is -3.53. The first-order valence-corrected chi connectivity index (χ1v) is 19.1. The maximum atomic E-state index is 12.5. The molecule has 14 atom stereocenters. The summed E-state index contributed by atoms with van der Waals surface area (Å²) in [6.07, 6.45) is 12.2. The number of carbonyl (C=O) groups is 1. The summed E-state index contributed by atoms with van der Waals surface area (Å²) in [7, 11) is 0. The summed E-state index contributed by atoms with van der Waals surface area (Å²) in [5.41, 5.74) is 0. The van der Waals surface area contributed by atoms with E-state index in [0.717, 1.165) is 0 Å². The van der Waals surface area contributed by atoms with Gasteiger partial charge in [0.15, 0.2) is 5.79 Å². The molecule has 9 N–H and O–H groups in total. The molecule has 0 radical (unpaired) electrons. The minimum Gasteiger partial charge on any atom is -0.462 e. The summed E-state index contributed by atoms with van der Waals surface area (Å²) in [4.78, 5) is 12.5. The van der Waals surface area contributed by atoms with E-state index < -0.39 is 84.6 Å². The number of fused-ring (bicyclic) bond motifs is 2. The highest BCUT2D eigenvalue weighted by molar-refractivity contribution is 5.70. The highest BCUT2D eigenvalue weighted by atomic mass is 16.6. The second-order valence-electron chi connectivity index (χ2n) is 15.0. The monoisotopic (exact) mass is 750 g/mol. The molecule has 0 aliphatic carbocycles. The first-order valence-electron chi connectivity index (χ1n) is 19.1. The predicted molar refractivity (Wildman–Crippen MR) is 202 cm³/mol. The van der Waals surface area contributed by atoms with Crippen LogP contribution in [0.1, 0.15) is 91.9 Å². The van der Waals surface area contributed by atoms with E-state index in [9.17, 15) is 50.8 Å². The maximum absolute atomic E-state index is 12.5. The Morgan fingerprint density at radius 2 is 1.23 bits per heavy atom. The molecule has 2 heterocycles. The Hall–Kier alpha value is -2.49. The molecule has 12 nitrogen and oxygen atoms in total. The number of aliphatic hydroxyl groups excluding tert-OH is 8. The smallest absolute Gasteiger partial charge is 0.308 e. The second-order valence-corrected chi connectivity index (χ2v) is 15.0. The molecular formula is C41H66O12. The SMILES string of the molecule is CC1C2CC(O)/C=C/CC(O)/C=C/C=C/C=C/C=C/C=C/C(C)[C@H](O)[C@@H](C)[C@H](C)OC(=O)CC(O)CC(O)CC(O)CCCC(O)CC(O)(C[C@@H]1O)O2. The van der Waals surface area contributed by atoms with Crippen LogP contribution in [0, 0.1) is 17.8 Å². The van der Waals surface area contributed by atoms with Crippen LogP contribution in [-0.2, 0) is 14.3 Å². The molecule has 2 bridgehead atoms. The van der Waals surface area contributed by atoms with E-state index in [2.05, 4.69) is 0 Å². The molecule has 2 aliphatic rings. The Labute approximate surface area is 315 Å². The minimum atomic E-state index is -1.83. The van der Waals surface area contributed by atoms with Gasteiger partial charge in [0.05, 0.1) is 61.4 Å². The molecule has 53 heavy (non-hydrogen) atoms. The molecule has 0 aromatic rings. The van der Waals surface area contributed by atoms with Crippen LogP contribution in [0.4, 0.5) is 0 Å². The van der Waals surface area contributed by atoms with Crippen LogP contribution in [0.25, 0.3) is 0 Å². The number of ether oxygens (including phenoxy) is 2. The largest absolute Gasteiger partial charge is 0.462 e. The van der Waals surface area contributed by atoms with Gasteiger partial charge in [-0.2, -0.15) is 0 Å². The van der Waals surface area contributed by atoms with Gasteiger partial charge in [0, 0.05) is 37.0 Å². The van der Waals surface area contributed by atoms with Crippen LogP contribution >= 0.6 is 0 Å². The van der Waals surface area contributed by atoms with E-state index in [1.165, 1.54) is 6.08 Å². The van der Waals surface area contributed by atoms with Crippen molar-refractivity contribution in [3.05, 3.63) is 72.9 Å². The van der Waals surface area contributed by atoms with Crippen molar-refractivity contribution in [3.8, 4) is 0 Å². The zero-order valence-corrected chi connectivity index (χ0v) is 31.8. The van der Waals surface area contributed by atoms with Crippen LogP contribution in [0.3, 0.4) is 0 Å². The Morgan fingerprint density at radius 3 is 1.89 bits per heavy atom. The van der Waals surface area contributed by atoms with Gasteiger partial charge in [0.25, 0.3) is 0 Å². The Bertz CT molecular complexity index is 1230. The van der Waals surface area contributed by atoms with Gasteiger partial charge in [-0.25, -0.2) is 0 Å². The number of esters is 1. The lowest BCUT2D eigenvalue weighted by molar-refractivity contribution is -0.299. The summed E-state index contributed by atoms with van der Waals surface area (Å²) in [5, 5.41) is 95.6. The van der Waals surface area contributed by atoms with Gasteiger partial charge < -0.3 is 55.4 Å². The van der Waals surface area contributed by atoms with Crippen molar-refractivity contribution in [3.63, 3.8) is 0 Å². The average molecular weight is 751 g/mol.